The lowest BCUT2D eigenvalue weighted by atomic mass is 10.4. The highest BCUT2D eigenvalue weighted by Crippen LogP contribution is 2.24. The zero-order valence-electron chi connectivity index (χ0n) is 10.8. The van der Waals surface area contributed by atoms with Crippen LogP contribution in [0.2, 0.25) is 0 Å². The van der Waals surface area contributed by atoms with Gasteiger partial charge in [-0.15, -0.1) is 10.2 Å². The first-order valence-electron chi connectivity index (χ1n) is 6.01. The summed E-state index contributed by atoms with van der Waals surface area (Å²) in [6.45, 7) is 4.86. The second kappa shape index (κ2) is 6.42. The highest BCUT2D eigenvalue weighted by Gasteiger charge is 2.16. The summed E-state index contributed by atoms with van der Waals surface area (Å²) >= 11 is 1.31. The number of nitrogens with zero attached hydrogens (tertiary/aromatic N) is 3. The molecule has 0 aliphatic heterocycles. The van der Waals surface area contributed by atoms with E-state index < -0.39 is 0 Å². The van der Waals surface area contributed by atoms with Gasteiger partial charge in [0.15, 0.2) is 16.7 Å². The van der Waals surface area contributed by atoms with Crippen LogP contribution >= 0.6 is 11.8 Å². The van der Waals surface area contributed by atoms with Gasteiger partial charge < -0.3 is 9.15 Å². The third kappa shape index (κ3) is 3.17. The molecule has 0 spiro atoms. The van der Waals surface area contributed by atoms with Crippen molar-refractivity contribution >= 4 is 17.7 Å². The topological polar surface area (TPSA) is 70.2 Å². The van der Waals surface area contributed by atoms with Crippen LogP contribution in [0.1, 0.15) is 13.8 Å². The van der Waals surface area contributed by atoms with Crippen molar-refractivity contribution in [1.29, 1.82) is 0 Å². The van der Waals surface area contributed by atoms with E-state index in [-0.39, 0.29) is 11.7 Å². The summed E-state index contributed by atoms with van der Waals surface area (Å²) in [6, 6.07) is 3.63. The van der Waals surface area contributed by atoms with Crippen molar-refractivity contribution in [3.63, 3.8) is 0 Å². The lowest BCUT2D eigenvalue weighted by Gasteiger charge is -2.05. The number of hydrogen-bond donors (Lipinski definition) is 0. The molecule has 0 saturated heterocycles. The molecule has 0 aromatic carbocycles. The Bertz CT molecular complexity index is 536. The van der Waals surface area contributed by atoms with Crippen molar-refractivity contribution in [2.24, 2.45) is 0 Å². The first-order chi connectivity index (χ1) is 9.26. The predicted molar refractivity (Wildman–Crippen MR) is 70.8 cm³/mol. The molecular weight excluding hydrogens is 266 g/mol. The van der Waals surface area contributed by atoms with Crippen molar-refractivity contribution in [3.8, 4) is 11.6 Å². The largest absolute Gasteiger partial charge is 0.465 e. The van der Waals surface area contributed by atoms with E-state index >= 15 is 0 Å². The Balaban J connectivity index is 2.12. The van der Waals surface area contributed by atoms with E-state index in [1.54, 1.807) is 19.3 Å². The summed E-state index contributed by atoms with van der Waals surface area (Å²) in [6.07, 6.45) is 1.59. The predicted octanol–water partition coefficient (Wildman–Crippen LogP) is 2.21. The first kappa shape index (κ1) is 13.7. The van der Waals surface area contributed by atoms with E-state index in [1.165, 1.54) is 11.8 Å². The van der Waals surface area contributed by atoms with Crippen molar-refractivity contribution in [2.75, 3.05) is 12.4 Å². The Hall–Kier alpha value is -1.76. The molecule has 0 saturated carbocycles. The average molecular weight is 281 g/mol. The van der Waals surface area contributed by atoms with Crippen LogP contribution in [-0.2, 0) is 16.1 Å². The van der Waals surface area contributed by atoms with Crippen LogP contribution in [0.5, 0.6) is 0 Å². The molecule has 0 aliphatic rings. The highest BCUT2D eigenvalue weighted by atomic mass is 32.2. The number of carbonyl (C=O) groups is 1. The molecule has 2 heterocycles. The van der Waals surface area contributed by atoms with E-state index in [4.69, 9.17) is 9.15 Å². The van der Waals surface area contributed by atoms with Gasteiger partial charge in [0, 0.05) is 6.54 Å². The molecule has 102 valence electrons. The van der Waals surface area contributed by atoms with Gasteiger partial charge in [0.1, 0.15) is 0 Å². The van der Waals surface area contributed by atoms with Crippen LogP contribution in [0.4, 0.5) is 0 Å². The molecule has 6 nitrogen and oxygen atoms in total. The summed E-state index contributed by atoms with van der Waals surface area (Å²) in [4.78, 5) is 11.3. The fraction of sp³-hybridized carbons (Fsp3) is 0.417. The van der Waals surface area contributed by atoms with Gasteiger partial charge in [0.05, 0.1) is 18.6 Å². The maximum absolute atomic E-state index is 11.3. The third-order valence-electron chi connectivity index (χ3n) is 2.40. The number of rotatable bonds is 6. The lowest BCUT2D eigenvalue weighted by molar-refractivity contribution is -0.139. The number of ether oxygens (including phenoxy) is 1. The summed E-state index contributed by atoms with van der Waals surface area (Å²) in [5, 5.41) is 8.87. The Kier molecular flexibility index (Phi) is 4.62. The summed E-state index contributed by atoms with van der Waals surface area (Å²) in [5.74, 6) is 1.30. The maximum Gasteiger partial charge on any atom is 0.316 e. The van der Waals surface area contributed by atoms with Crippen molar-refractivity contribution in [3.05, 3.63) is 18.4 Å². The molecule has 2 aromatic heterocycles. The SMILES string of the molecule is CCOC(=O)CSc1nnc(-c2ccco2)n1CC. The molecule has 0 N–H and O–H groups in total. The Labute approximate surface area is 115 Å². The average Bonchev–Trinajstić information content (AvgIpc) is 3.05. The van der Waals surface area contributed by atoms with Crippen molar-refractivity contribution < 1.29 is 13.9 Å². The molecule has 0 fully saturated rings. The van der Waals surface area contributed by atoms with E-state index in [2.05, 4.69) is 10.2 Å². The van der Waals surface area contributed by atoms with Crippen LogP contribution in [0.3, 0.4) is 0 Å². The minimum absolute atomic E-state index is 0.226. The molecule has 0 amide bonds. The molecule has 0 radical (unpaired) electrons. The third-order valence-corrected chi connectivity index (χ3v) is 3.34. The van der Waals surface area contributed by atoms with Gasteiger partial charge in [-0.25, -0.2) is 0 Å². The lowest BCUT2D eigenvalue weighted by Crippen LogP contribution is -2.08. The Morgan fingerprint density at radius 2 is 2.32 bits per heavy atom. The van der Waals surface area contributed by atoms with Crippen LogP contribution in [0, 0.1) is 0 Å². The molecule has 2 rings (SSSR count). The van der Waals surface area contributed by atoms with Crippen molar-refractivity contribution in [2.45, 2.75) is 25.5 Å². The maximum atomic E-state index is 11.3. The monoisotopic (exact) mass is 281 g/mol. The summed E-state index contributed by atoms with van der Waals surface area (Å²) in [5.41, 5.74) is 0. The zero-order valence-corrected chi connectivity index (χ0v) is 11.6. The second-order valence-corrected chi connectivity index (χ2v) is 4.56. The highest BCUT2D eigenvalue weighted by molar-refractivity contribution is 7.99. The quantitative estimate of drug-likeness (QED) is 0.597. The standard InChI is InChI=1S/C12H15N3O3S/c1-3-15-11(9-6-5-7-18-9)13-14-12(15)19-8-10(16)17-4-2/h5-7H,3-4,8H2,1-2H3. The number of esters is 1. The molecule has 0 aliphatic carbocycles. The van der Waals surface area contributed by atoms with Gasteiger partial charge in [-0.05, 0) is 26.0 Å². The fourth-order valence-corrected chi connectivity index (χ4v) is 2.39. The second-order valence-electron chi connectivity index (χ2n) is 3.62. The number of aromatic nitrogens is 3. The Morgan fingerprint density at radius 1 is 1.47 bits per heavy atom. The van der Waals surface area contributed by atoms with Gasteiger partial charge in [0.25, 0.3) is 0 Å². The van der Waals surface area contributed by atoms with Crippen LogP contribution in [0.25, 0.3) is 11.6 Å². The number of furan rings is 1. The minimum atomic E-state index is -0.252. The van der Waals surface area contributed by atoms with Crippen LogP contribution < -0.4 is 0 Å². The van der Waals surface area contributed by atoms with Gasteiger partial charge in [-0.3, -0.25) is 9.36 Å². The molecule has 2 aromatic rings. The fourth-order valence-electron chi connectivity index (χ4n) is 1.59. The first-order valence-corrected chi connectivity index (χ1v) is 7.00. The van der Waals surface area contributed by atoms with Crippen molar-refractivity contribution in [1.82, 2.24) is 14.8 Å². The summed E-state index contributed by atoms with van der Waals surface area (Å²) < 4.78 is 12.1. The van der Waals surface area contributed by atoms with E-state index in [0.29, 0.717) is 29.9 Å². The number of hydrogen-bond acceptors (Lipinski definition) is 6. The number of thioether (sulfide) groups is 1. The smallest absolute Gasteiger partial charge is 0.316 e. The summed E-state index contributed by atoms with van der Waals surface area (Å²) in [7, 11) is 0. The zero-order chi connectivity index (χ0) is 13.7. The molecule has 0 bridgehead atoms. The molecular formula is C12H15N3O3S. The van der Waals surface area contributed by atoms with Gasteiger partial charge >= 0.3 is 5.97 Å². The van der Waals surface area contributed by atoms with E-state index in [9.17, 15) is 4.79 Å². The van der Waals surface area contributed by atoms with Crippen LogP contribution in [-0.4, -0.2) is 33.1 Å². The van der Waals surface area contributed by atoms with Gasteiger partial charge in [0.2, 0.25) is 0 Å². The minimum Gasteiger partial charge on any atom is -0.465 e. The van der Waals surface area contributed by atoms with E-state index in [1.807, 2.05) is 17.6 Å². The normalized spacial score (nSPS) is 10.6. The van der Waals surface area contributed by atoms with Gasteiger partial charge in [-0.2, -0.15) is 0 Å². The molecule has 0 atom stereocenters. The number of carbonyl (C=O) groups excluding carboxylic acids is 1. The van der Waals surface area contributed by atoms with E-state index in [0.717, 1.165) is 0 Å². The Morgan fingerprint density at radius 3 is 2.95 bits per heavy atom. The molecule has 19 heavy (non-hydrogen) atoms. The van der Waals surface area contributed by atoms with Gasteiger partial charge in [-0.1, -0.05) is 11.8 Å². The van der Waals surface area contributed by atoms with Crippen LogP contribution in [0.15, 0.2) is 28.0 Å². The molecule has 7 heteroatoms. The molecule has 0 unspecified atom stereocenters.